The molecule has 10 nitrogen and oxygen atoms in total. The third-order valence-electron chi connectivity index (χ3n) is 2.45. The molecule has 3 heterocycles. The van der Waals surface area contributed by atoms with Gasteiger partial charge in [-0.05, 0) is 0 Å². The van der Waals surface area contributed by atoms with E-state index >= 15 is 0 Å². The summed E-state index contributed by atoms with van der Waals surface area (Å²) < 4.78 is 0. The number of rotatable bonds is 3. The maximum Gasteiger partial charge on any atom is 0.325 e. The van der Waals surface area contributed by atoms with E-state index in [1.165, 1.54) is 25.1 Å². The fourth-order valence-electron chi connectivity index (χ4n) is 1.53. The van der Waals surface area contributed by atoms with E-state index in [9.17, 15) is 9.59 Å². The average Bonchev–Trinajstić information content (AvgIpc) is 2.90. The maximum atomic E-state index is 11.4. The number of fused-ring (bicyclic) bond motifs is 1. The third kappa shape index (κ3) is 2.16. The van der Waals surface area contributed by atoms with Crippen molar-refractivity contribution in [2.24, 2.45) is 5.10 Å². The molecule has 0 aliphatic rings. The number of hydrazone groups is 1. The number of nitrogens with one attached hydrogen (secondary N) is 4. The molecule has 3 rings (SSSR count). The van der Waals surface area contributed by atoms with Gasteiger partial charge in [0.25, 0.3) is 5.56 Å². The van der Waals surface area contributed by atoms with Gasteiger partial charge in [-0.2, -0.15) is 5.10 Å². The van der Waals surface area contributed by atoms with Gasteiger partial charge in [0.15, 0.2) is 11.5 Å². The lowest BCUT2D eigenvalue weighted by Gasteiger charge is -1.98. The minimum absolute atomic E-state index is 0.201. The Morgan fingerprint density at radius 1 is 1.20 bits per heavy atom. The number of aromatic amines is 3. The van der Waals surface area contributed by atoms with Gasteiger partial charge in [0.1, 0.15) is 11.8 Å². The van der Waals surface area contributed by atoms with Gasteiger partial charge in [0.05, 0.1) is 18.1 Å². The van der Waals surface area contributed by atoms with E-state index in [4.69, 9.17) is 0 Å². The average molecular weight is 272 g/mol. The zero-order valence-electron chi connectivity index (χ0n) is 9.91. The fourth-order valence-corrected chi connectivity index (χ4v) is 1.53. The van der Waals surface area contributed by atoms with E-state index in [0.717, 1.165) is 0 Å². The lowest BCUT2D eigenvalue weighted by molar-refractivity contribution is 1.03. The van der Waals surface area contributed by atoms with Crippen LogP contribution in [0.1, 0.15) is 5.56 Å². The van der Waals surface area contributed by atoms with Crippen molar-refractivity contribution in [3.8, 4) is 0 Å². The first-order valence-corrected chi connectivity index (χ1v) is 5.49. The third-order valence-corrected chi connectivity index (χ3v) is 2.45. The summed E-state index contributed by atoms with van der Waals surface area (Å²) in [6.45, 7) is 0. The molecule has 0 aliphatic carbocycles. The van der Waals surface area contributed by atoms with Crippen molar-refractivity contribution < 1.29 is 0 Å². The number of anilines is 1. The van der Waals surface area contributed by atoms with E-state index in [2.05, 4.69) is 40.4 Å². The molecule has 100 valence electrons. The van der Waals surface area contributed by atoms with Crippen LogP contribution in [0, 0.1) is 0 Å². The standard InChI is InChI=1S/C10H8N8O2/c19-9-5(1-11-10(20)17-9)2-16-18-8-6-7(13-3-12-6)14-4-15-8/h1-4H,(H2,11,17,19,20)(H2,12,13,14,15,18)/b16-2+. The first-order valence-electron chi connectivity index (χ1n) is 5.49. The first kappa shape index (κ1) is 11.8. The van der Waals surface area contributed by atoms with Crippen LogP contribution in [0.25, 0.3) is 11.2 Å². The molecule has 0 amide bonds. The molecular formula is C10H8N8O2. The van der Waals surface area contributed by atoms with E-state index in [0.29, 0.717) is 17.0 Å². The van der Waals surface area contributed by atoms with E-state index in [1.807, 2.05) is 0 Å². The van der Waals surface area contributed by atoms with Gasteiger partial charge in [0, 0.05) is 6.20 Å². The Morgan fingerprint density at radius 2 is 2.10 bits per heavy atom. The number of hydrogen-bond acceptors (Lipinski definition) is 7. The van der Waals surface area contributed by atoms with Crippen LogP contribution < -0.4 is 16.7 Å². The first-order chi connectivity index (χ1) is 9.74. The molecule has 0 saturated carbocycles. The molecule has 0 unspecified atom stereocenters. The molecule has 10 heteroatoms. The van der Waals surface area contributed by atoms with Crippen molar-refractivity contribution >= 4 is 23.2 Å². The predicted octanol–water partition coefficient (Wildman–Crippen LogP) is -0.825. The zero-order chi connectivity index (χ0) is 13.9. The van der Waals surface area contributed by atoms with Gasteiger partial charge < -0.3 is 9.97 Å². The predicted molar refractivity (Wildman–Crippen MR) is 70.6 cm³/mol. The number of hydrogen-bond donors (Lipinski definition) is 4. The molecule has 0 bridgehead atoms. The fraction of sp³-hybridized carbons (Fsp3) is 0. The van der Waals surface area contributed by atoms with Crippen molar-refractivity contribution in [3.63, 3.8) is 0 Å². The Bertz CT molecular complexity index is 890. The second kappa shape index (κ2) is 4.76. The Balaban J connectivity index is 1.86. The minimum atomic E-state index is -0.574. The maximum absolute atomic E-state index is 11.4. The molecule has 0 fully saturated rings. The summed E-state index contributed by atoms with van der Waals surface area (Å²) in [5, 5.41) is 3.88. The summed E-state index contributed by atoms with van der Waals surface area (Å²) in [5.41, 5.74) is 2.86. The summed E-state index contributed by atoms with van der Waals surface area (Å²) >= 11 is 0. The molecular weight excluding hydrogens is 264 g/mol. The Kier molecular flexibility index (Phi) is 2.80. The van der Waals surface area contributed by atoms with Gasteiger partial charge in [-0.25, -0.2) is 19.7 Å². The molecule has 0 aliphatic heterocycles. The van der Waals surface area contributed by atoms with Crippen LogP contribution in [0.3, 0.4) is 0 Å². The van der Waals surface area contributed by atoms with Crippen molar-refractivity contribution in [2.75, 3.05) is 5.43 Å². The van der Waals surface area contributed by atoms with Crippen LogP contribution in [0.15, 0.2) is 33.5 Å². The highest BCUT2D eigenvalue weighted by Crippen LogP contribution is 2.13. The summed E-state index contributed by atoms with van der Waals surface area (Å²) in [6, 6.07) is 0. The van der Waals surface area contributed by atoms with Crippen molar-refractivity contribution in [1.82, 2.24) is 29.9 Å². The van der Waals surface area contributed by atoms with Gasteiger partial charge in [-0.3, -0.25) is 15.2 Å². The Labute approximate surface area is 110 Å². The van der Waals surface area contributed by atoms with Gasteiger partial charge in [-0.15, -0.1) is 0 Å². The summed E-state index contributed by atoms with van der Waals surface area (Å²) in [7, 11) is 0. The van der Waals surface area contributed by atoms with Crippen LogP contribution >= 0.6 is 0 Å². The smallest absolute Gasteiger partial charge is 0.325 e. The zero-order valence-corrected chi connectivity index (χ0v) is 9.91. The Morgan fingerprint density at radius 3 is 2.95 bits per heavy atom. The largest absolute Gasteiger partial charge is 0.340 e. The van der Waals surface area contributed by atoms with Crippen molar-refractivity contribution in [1.29, 1.82) is 0 Å². The molecule has 0 atom stereocenters. The van der Waals surface area contributed by atoms with Gasteiger partial charge in [-0.1, -0.05) is 0 Å². The summed E-state index contributed by atoms with van der Waals surface area (Å²) in [5.74, 6) is 0.421. The monoisotopic (exact) mass is 272 g/mol. The molecule has 3 aromatic heterocycles. The molecule has 3 aromatic rings. The van der Waals surface area contributed by atoms with Crippen LogP contribution in [0.2, 0.25) is 0 Å². The van der Waals surface area contributed by atoms with E-state index in [-0.39, 0.29) is 5.56 Å². The second-order valence-electron chi connectivity index (χ2n) is 3.72. The number of H-pyrrole nitrogens is 3. The topological polar surface area (TPSA) is 145 Å². The Hall–Kier alpha value is -3.30. The second-order valence-corrected chi connectivity index (χ2v) is 3.72. The molecule has 0 radical (unpaired) electrons. The lowest BCUT2D eigenvalue weighted by atomic mass is 10.4. The van der Waals surface area contributed by atoms with Crippen LogP contribution in [-0.4, -0.2) is 36.1 Å². The highest BCUT2D eigenvalue weighted by Gasteiger charge is 2.04. The number of aromatic nitrogens is 6. The van der Waals surface area contributed by atoms with Crippen LogP contribution in [0.5, 0.6) is 0 Å². The molecule has 0 saturated heterocycles. The van der Waals surface area contributed by atoms with Crippen molar-refractivity contribution in [3.05, 3.63) is 45.3 Å². The SMILES string of the molecule is O=c1[nH]cc(/C=N/Nc2ncnc3nc[nH]c23)c(=O)[nH]1. The molecule has 0 spiro atoms. The van der Waals surface area contributed by atoms with E-state index in [1.54, 1.807) is 0 Å². The molecule has 4 N–H and O–H groups in total. The van der Waals surface area contributed by atoms with E-state index < -0.39 is 11.2 Å². The summed E-state index contributed by atoms with van der Waals surface area (Å²) in [6.07, 6.45) is 5.35. The van der Waals surface area contributed by atoms with Crippen molar-refractivity contribution in [2.45, 2.75) is 0 Å². The highest BCUT2D eigenvalue weighted by atomic mass is 16.2. The highest BCUT2D eigenvalue weighted by molar-refractivity contribution is 5.83. The quantitative estimate of drug-likeness (QED) is 0.362. The number of imidazole rings is 1. The van der Waals surface area contributed by atoms with Crippen LogP contribution in [-0.2, 0) is 0 Å². The molecule has 20 heavy (non-hydrogen) atoms. The summed E-state index contributed by atoms with van der Waals surface area (Å²) in [4.78, 5) is 41.5. The van der Waals surface area contributed by atoms with Crippen LogP contribution in [0.4, 0.5) is 5.82 Å². The number of nitrogens with zero attached hydrogens (tertiary/aromatic N) is 4. The lowest BCUT2D eigenvalue weighted by Crippen LogP contribution is -2.24. The van der Waals surface area contributed by atoms with Gasteiger partial charge in [0.2, 0.25) is 0 Å². The minimum Gasteiger partial charge on any atom is -0.340 e. The van der Waals surface area contributed by atoms with Gasteiger partial charge >= 0.3 is 5.69 Å². The molecule has 0 aromatic carbocycles. The normalized spacial score (nSPS) is 11.2.